The Morgan fingerprint density at radius 3 is 2.37 bits per heavy atom. The highest BCUT2D eigenvalue weighted by atomic mass is 32.2. The molecule has 43 heavy (non-hydrogen) atoms. The lowest BCUT2D eigenvalue weighted by atomic mass is 10.1. The third kappa shape index (κ3) is 9.90. The lowest BCUT2D eigenvalue weighted by molar-refractivity contribution is -0.142. The summed E-state index contributed by atoms with van der Waals surface area (Å²) in [7, 11) is 0. The Kier molecular flexibility index (Phi) is 11.2. The van der Waals surface area contributed by atoms with Crippen molar-refractivity contribution in [1.29, 1.82) is 0 Å². The standard InChI is InChI=1S/C31H27FN4O5S2/c1-2-41-28(38)17-24-18-43-31(34-24)36-27(37)19-42-25-14-12-23(13-15-25)33-30(40)26(16-20-8-10-22(32)11-9-20)35-29(39)21-6-4-3-5-7-21/h3-16,18H,2,17,19H2,1H3,(H,33,40)(H,35,39)(H,34,36,37)/b26-16-. The summed E-state index contributed by atoms with van der Waals surface area (Å²) in [6.07, 6.45) is 1.50. The summed E-state index contributed by atoms with van der Waals surface area (Å²) in [6, 6.07) is 20.8. The van der Waals surface area contributed by atoms with Gasteiger partial charge in [-0.05, 0) is 67.1 Å². The first-order valence-corrected chi connectivity index (χ1v) is 14.9. The molecule has 3 amide bonds. The maximum atomic E-state index is 13.4. The number of carbonyl (C=O) groups is 4. The Morgan fingerprint density at radius 2 is 1.67 bits per heavy atom. The first kappa shape index (κ1) is 31.1. The molecule has 4 rings (SSSR count). The van der Waals surface area contributed by atoms with Gasteiger partial charge in [-0.25, -0.2) is 9.37 Å². The number of esters is 1. The van der Waals surface area contributed by atoms with E-state index in [0.717, 1.165) is 4.90 Å². The number of halogens is 1. The Hall–Kier alpha value is -4.81. The molecule has 0 saturated heterocycles. The minimum Gasteiger partial charge on any atom is -0.466 e. The maximum absolute atomic E-state index is 13.4. The zero-order valence-electron chi connectivity index (χ0n) is 23.0. The van der Waals surface area contributed by atoms with Crippen LogP contribution in [0, 0.1) is 5.82 Å². The molecule has 0 aliphatic heterocycles. The second-order valence-electron chi connectivity index (χ2n) is 8.87. The largest absolute Gasteiger partial charge is 0.466 e. The van der Waals surface area contributed by atoms with Crippen molar-refractivity contribution in [3.05, 3.63) is 113 Å². The smallest absolute Gasteiger partial charge is 0.311 e. The molecule has 0 saturated carbocycles. The first-order chi connectivity index (χ1) is 20.8. The number of thiazole rings is 1. The number of aromatic nitrogens is 1. The van der Waals surface area contributed by atoms with Gasteiger partial charge in [0.2, 0.25) is 5.91 Å². The number of hydrogen-bond acceptors (Lipinski definition) is 8. The van der Waals surface area contributed by atoms with E-state index in [1.807, 2.05) is 0 Å². The van der Waals surface area contributed by atoms with Crippen LogP contribution in [0.2, 0.25) is 0 Å². The van der Waals surface area contributed by atoms with Crippen LogP contribution in [0.3, 0.4) is 0 Å². The van der Waals surface area contributed by atoms with Crippen molar-refractivity contribution in [2.45, 2.75) is 18.2 Å². The second kappa shape index (κ2) is 15.4. The molecule has 0 spiro atoms. The van der Waals surface area contributed by atoms with Crippen LogP contribution in [0.4, 0.5) is 15.2 Å². The topological polar surface area (TPSA) is 126 Å². The van der Waals surface area contributed by atoms with Gasteiger partial charge in [-0.2, -0.15) is 0 Å². The molecule has 4 aromatic rings. The van der Waals surface area contributed by atoms with E-state index in [1.54, 1.807) is 66.9 Å². The predicted octanol–water partition coefficient (Wildman–Crippen LogP) is 5.53. The lowest BCUT2D eigenvalue weighted by Crippen LogP contribution is -2.30. The van der Waals surface area contributed by atoms with Crippen LogP contribution >= 0.6 is 23.1 Å². The molecule has 0 aliphatic carbocycles. The van der Waals surface area contributed by atoms with E-state index >= 15 is 0 Å². The molecule has 9 nitrogen and oxygen atoms in total. The number of ether oxygens (including phenoxy) is 1. The van der Waals surface area contributed by atoms with Gasteiger partial charge in [0.25, 0.3) is 11.8 Å². The number of nitrogens with zero attached hydrogens (tertiary/aromatic N) is 1. The van der Waals surface area contributed by atoms with Crippen LogP contribution in [-0.2, 0) is 25.5 Å². The van der Waals surface area contributed by atoms with Gasteiger partial charge in [0, 0.05) is 21.5 Å². The van der Waals surface area contributed by atoms with Crippen LogP contribution in [0.15, 0.2) is 94.8 Å². The van der Waals surface area contributed by atoms with E-state index < -0.39 is 17.6 Å². The number of hydrogen-bond donors (Lipinski definition) is 3. The molecule has 3 N–H and O–H groups in total. The molecule has 0 bridgehead atoms. The second-order valence-corrected chi connectivity index (χ2v) is 10.8. The maximum Gasteiger partial charge on any atom is 0.311 e. The minimum atomic E-state index is -0.570. The Balaban J connectivity index is 1.34. The summed E-state index contributed by atoms with van der Waals surface area (Å²) in [5.74, 6) is -1.98. The molecule has 1 heterocycles. The van der Waals surface area contributed by atoms with Crippen molar-refractivity contribution in [1.82, 2.24) is 10.3 Å². The molecule has 1 aromatic heterocycles. The monoisotopic (exact) mass is 618 g/mol. The van der Waals surface area contributed by atoms with Crippen molar-refractivity contribution in [2.75, 3.05) is 23.0 Å². The summed E-state index contributed by atoms with van der Waals surface area (Å²) >= 11 is 2.52. The minimum absolute atomic E-state index is 0.0248. The fourth-order valence-electron chi connectivity index (χ4n) is 3.61. The number of thioether (sulfide) groups is 1. The molecule has 0 fully saturated rings. The van der Waals surface area contributed by atoms with E-state index in [-0.39, 0.29) is 29.7 Å². The SMILES string of the molecule is CCOC(=O)Cc1csc(NC(=O)CSc2ccc(NC(=O)/C(=C/c3ccc(F)cc3)NC(=O)c3ccccc3)cc2)n1. The van der Waals surface area contributed by atoms with Crippen molar-refractivity contribution in [3.8, 4) is 0 Å². The summed E-state index contributed by atoms with van der Waals surface area (Å²) < 4.78 is 18.3. The average Bonchev–Trinajstić information content (AvgIpc) is 3.44. The van der Waals surface area contributed by atoms with Gasteiger partial charge in [-0.3, -0.25) is 19.2 Å². The van der Waals surface area contributed by atoms with E-state index in [2.05, 4.69) is 20.9 Å². The predicted molar refractivity (Wildman–Crippen MR) is 165 cm³/mol. The van der Waals surface area contributed by atoms with Gasteiger partial charge in [-0.15, -0.1) is 23.1 Å². The summed E-state index contributed by atoms with van der Waals surface area (Å²) in [5, 5.41) is 10.2. The average molecular weight is 619 g/mol. The van der Waals surface area contributed by atoms with Gasteiger partial charge in [0.05, 0.1) is 24.5 Å². The lowest BCUT2D eigenvalue weighted by Gasteiger charge is -2.12. The van der Waals surface area contributed by atoms with Gasteiger partial charge >= 0.3 is 5.97 Å². The molecule has 0 unspecified atom stereocenters. The van der Waals surface area contributed by atoms with E-state index in [4.69, 9.17) is 4.74 Å². The number of anilines is 2. The van der Waals surface area contributed by atoms with Crippen molar-refractivity contribution >= 4 is 63.7 Å². The summed E-state index contributed by atoms with van der Waals surface area (Å²) in [4.78, 5) is 54.9. The normalized spacial score (nSPS) is 11.0. The van der Waals surface area contributed by atoms with Gasteiger partial charge in [0.15, 0.2) is 5.13 Å². The molecule has 0 radical (unpaired) electrons. The summed E-state index contributed by atoms with van der Waals surface area (Å²) in [5.41, 5.74) is 1.87. The molecule has 3 aromatic carbocycles. The highest BCUT2D eigenvalue weighted by molar-refractivity contribution is 8.00. The van der Waals surface area contributed by atoms with E-state index in [9.17, 15) is 23.6 Å². The highest BCUT2D eigenvalue weighted by Gasteiger charge is 2.16. The van der Waals surface area contributed by atoms with Crippen LogP contribution in [0.25, 0.3) is 6.08 Å². The highest BCUT2D eigenvalue weighted by Crippen LogP contribution is 2.22. The Bertz CT molecular complexity index is 1610. The third-order valence-corrected chi connectivity index (χ3v) is 7.44. The van der Waals surface area contributed by atoms with Crippen LogP contribution in [-0.4, -0.2) is 41.0 Å². The number of rotatable bonds is 12. The summed E-state index contributed by atoms with van der Waals surface area (Å²) in [6.45, 7) is 2.02. The molecule has 220 valence electrons. The van der Waals surface area contributed by atoms with Crippen molar-refractivity contribution < 1.29 is 28.3 Å². The van der Waals surface area contributed by atoms with Crippen LogP contribution in [0.1, 0.15) is 28.5 Å². The fourth-order valence-corrected chi connectivity index (χ4v) is 5.04. The van der Waals surface area contributed by atoms with Crippen LogP contribution < -0.4 is 16.0 Å². The van der Waals surface area contributed by atoms with Gasteiger partial charge in [-0.1, -0.05) is 30.3 Å². The third-order valence-electron chi connectivity index (χ3n) is 5.62. The molecule has 0 atom stereocenters. The fraction of sp³-hybridized carbons (Fsp3) is 0.129. The van der Waals surface area contributed by atoms with Gasteiger partial charge < -0.3 is 20.7 Å². The molecular weight excluding hydrogens is 591 g/mol. The number of nitrogens with one attached hydrogen (secondary N) is 3. The number of carbonyl (C=O) groups excluding carboxylic acids is 4. The first-order valence-electron chi connectivity index (χ1n) is 13.1. The number of amides is 3. The number of benzene rings is 3. The van der Waals surface area contributed by atoms with Crippen LogP contribution in [0.5, 0.6) is 0 Å². The molecule has 12 heteroatoms. The molecular formula is C31H27FN4O5S2. The Morgan fingerprint density at radius 1 is 0.953 bits per heavy atom. The van der Waals surface area contributed by atoms with Gasteiger partial charge in [0.1, 0.15) is 11.5 Å². The molecule has 0 aliphatic rings. The zero-order valence-corrected chi connectivity index (χ0v) is 24.6. The van der Waals surface area contributed by atoms with Crippen molar-refractivity contribution in [2.24, 2.45) is 0 Å². The quantitative estimate of drug-likeness (QED) is 0.108. The van der Waals surface area contributed by atoms with E-state index in [0.29, 0.717) is 34.2 Å². The Labute approximate surface area is 255 Å². The van der Waals surface area contributed by atoms with E-state index in [1.165, 1.54) is 53.4 Å². The zero-order chi connectivity index (χ0) is 30.6. The van der Waals surface area contributed by atoms with Crippen molar-refractivity contribution in [3.63, 3.8) is 0 Å².